The molecule has 0 saturated carbocycles. The molecule has 0 aliphatic rings. The van der Waals surface area contributed by atoms with E-state index >= 15 is 0 Å². The first-order valence-electron chi connectivity index (χ1n) is 11.0. The van der Waals surface area contributed by atoms with Crippen LogP contribution in [0.15, 0.2) is 0 Å². The molecule has 0 aromatic carbocycles. The summed E-state index contributed by atoms with van der Waals surface area (Å²) in [4.78, 5) is 8.97. The van der Waals surface area contributed by atoms with Crippen LogP contribution in [0, 0.1) is 0 Å². The summed E-state index contributed by atoms with van der Waals surface area (Å²) in [7, 11) is -2.45. The molecule has 0 aromatic rings. The van der Waals surface area contributed by atoms with Gasteiger partial charge in [0.25, 0.3) is 0 Å². The van der Waals surface area contributed by atoms with Crippen LogP contribution in [0.3, 0.4) is 0 Å². The Hall–Kier alpha value is 0.0200. The summed E-state index contributed by atoms with van der Waals surface area (Å²) < 4.78 is 16.1. The average Bonchev–Trinajstić information content (AvgIpc) is 2.58. The monoisotopic (exact) mass is 375 g/mol. The molecule has 0 rings (SSSR count). The van der Waals surface area contributed by atoms with E-state index in [1.54, 1.807) is 0 Å². The fourth-order valence-electron chi connectivity index (χ4n) is 3.39. The zero-order chi connectivity index (χ0) is 18.6. The van der Waals surface area contributed by atoms with Gasteiger partial charge >= 0.3 is 8.25 Å². The first-order valence-corrected chi connectivity index (χ1v) is 12.2. The molecule has 4 heteroatoms. The lowest BCUT2D eigenvalue weighted by atomic mass is 10.0. The Balaban J connectivity index is 3.39. The third-order valence-electron chi connectivity index (χ3n) is 5.00. The molecule has 0 radical (unpaired) electrons. The Labute approximate surface area is 158 Å². The first kappa shape index (κ1) is 25.0. The molecule has 0 aliphatic carbocycles. The second-order valence-electron chi connectivity index (χ2n) is 7.49. The molecule has 25 heavy (non-hydrogen) atoms. The maximum absolute atomic E-state index is 10.9. The Morgan fingerprint density at radius 1 is 0.640 bits per heavy atom. The number of rotatable bonds is 20. The van der Waals surface area contributed by atoms with Crippen LogP contribution in [0.4, 0.5) is 0 Å². The van der Waals surface area contributed by atoms with Crippen molar-refractivity contribution in [2.24, 2.45) is 0 Å². The SMILES string of the molecule is CCCCCCCCCCCCCCCC(CCCCC)O[P+](=O)O. The van der Waals surface area contributed by atoms with Crippen molar-refractivity contribution in [3.05, 3.63) is 0 Å². The summed E-state index contributed by atoms with van der Waals surface area (Å²) in [6.07, 6.45) is 22.9. The van der Waals surface area contributed by atoms with Crippen molar-refractivity contribution in [1.29, 1.82) is 0 Å². The molecule has 0 amide bonds. The number of hydrogen-bond acceptors (Lipinski definition) is 2. The van der Waals surface area contributed by atoms with E-state index in [9.17, 15) is 4.57 Å². The van der Waals surface area contributed by atoms with E-state index in [4.69, 9.17) is 9.42 Å². The zero-order valence-corrected chi connectivity index (χ0v) is 17.9. The highest BCUT2D eigenvalue weighted by Crippen LogP contribution is 2.25. The number of unbranched alkanes of at least 4 members (excludes halogenated alkanes) is 14. The quantitative estimate of drug-likeness (QED) is 0.173. The van der Waals surface area contributed by atoms with E-state index in [0.29, 0.717) is 0 Å². The van der Waals surface area contributed by atoms with Crippen LogP contribution in [-0.4, -0.2) is 11.0 Å². The fraction of sp³-hybridized carbons (Fsp3) is 1.00. The highest BCUT2D eigenvalue weighted by molar-refractivity contribution is 7.32. The predicted molar refractivity (Wildman–Crippen MR) is 109 cm³/mol. The molecule has 2 unspecified atom stereocenters. The third kappa shape index (κ3) is 20.2. The molecule has 0 heterocycles. The maximum Gasteiger partial charge on any atom is 0.694 e. The van der Waals surface area contributed by atoms with Crippen molar-refractivity contribution in [3.63, 3.8) is 0 Å². The third-order valence-corrected chi connectivity index (χ3v) is 5.48. The van der Waals surface area contributed by atoms with Gasteiger partial charge in [0.1, 0.15) is 6.10 Å². The summed E-state index contributed by atoms with van der Waals surface area (Å²) in [5, 5.41) is 0. The molecule has 0 fully saturated rings. The molecule has 0 spiro atoms. The largest absolute Gasteiger partial charge is 0.694 e. The molecule has 0 aromatic heterocycles. The molecule has 1 N–H and O–H groups in total. The van der Waals surface area contributed by atoms with Crippen molar-refractivity contribution in [2.45, 2.75) is 136 Å². The van der Waals surface area contributed by atoms with Gasteiger partial charge in [-0.15, -0.1) is 9.42 Å². The zero-order valence-electron chi connectivity index (χ0n) is 17.0. The number of hydrogen-bond donors (Lipinski definition) is 1. The van der Waals surface area contributed by atoms with E-state index in [1.807, 2.05) is 0 Å². The highest BCUT2D eigenvalue weighted by Gasteiger charge is 2.21. The van der Waals surface area contributed by atoms with E-state index in [2.05, 4.69) is 13.8 Å². The Kier molecular flexibility index (Phi) is 20.3. The lowest BCUT2D eigenvalue weighted by molar-refractivity contribution is 0.163. The lowest BCUT2D eigenvalue weighted by Gasteiger charge is -2.10. The molecule has 0 bridgehead atoms. The van der Waals surface area contributed by atoms with E-state index in [0.717, 1.165) is 25.7 Å². The summed E-state index contributed by atoms with van der Waals surface area (Å²) in [5.41, 5.74) is 0. The van der Waals surface area contributed by atoms with Crippen LogP contribution >= 0.6 is 8.25 Å². The summed E-state index contributed by atoms with van der Waals surface area (Å²) in [5.74, 6) is 0. The minimum Gasteiger partial charge on any atom is -0.133 e. The van der Waals surface area contributed by atoms with Crippen LogP contribution in [0.25, 0.3) is 0 Å². The average molecular weight is 376 g/mol. The topological polar surface area (TPSA) is 46.5 Å². The molecule has 0 aliphatic heterocycles. The Bertz CT molecular complexity index is 284. The van der Waals surface area contributed by atoms with Crippen molar-refractivity contribution in [2.75, 3.05) is 0 Å². The molecular weight excluding hydrogens is 331 g/mol. The van der Waals surface area contributed by atoms with Gasteiger partial charge in [-0.2, -0.15) is 0 Å². The second-order valence-corrected chi connectivity index (χ2v) is 8.18. The Morgan fingerprint density at radius 3 is 1.36 bits per heavy atom. The molecule has 2 atom stereocenters. The van der Waals surface area contributed by atoms with Crippen molar-refractivity contribution < 1.29 is 14.0 Å². The van der Waals surface area contributed by atoms with Crippen LogP contribution in [-0.2, 0) is 9.09 Å². The van der Waals surface area contributed by atoms with Crippen LogP contribution in [0.1, 0.15) is 129 Å². The maximum atomic E-state index is 10.9. The summed E-state index contributed by atoms with van der Waals surface area (Å²) in [6, 6.07) is 0. The van der Waals surface area contributed by atoms with Gasteiger partial charge < -0.3 is 0 Å². The molecular formula is C21H44O3P+. The van der Waals surface area contributed by atoms with Gasteiger partial charge in [-0.05, 0) is 12.8 Å². The first-order chi connectivity index (χ1) is 12.2. The van der Waals surface area contributed by atoms with Crippen LogP contribution < -0.4 is 0 Å². The smallest absolute Gasteiger partial charge is 0.133 e. The molecule has 3 nitrogen and oxygen atoms in total. The second kappa shape index (κ2) is 20.3. The van der Waals surface area contributed by atoms with Crippen LogP contribution in [0.5, 0.6) is 0 Å². The fourth-order valence-corrected chi connectivity index (χ4v) is 3.85. The minimum absolute atomic E-state index is 0.0205. The van der Waals surface area contributed by atoms with Gasteiger partial charge in [0.15, 0.2) is 0 Å². The van der Waals surface area contributed by atoms with E-state index < -0.39 is 8.25 Å². The minimum atomic E-state index is -2.45. The lowest BCUT2D eigenvalue weighted by Crippen LogP contribution is -2.09. The van der Waals surface area contributed by atoms with Gasteiger partial charge in [0.05, 0.1) is 0 Å². The van der Waals surface area contributed by atoms with E-state index in [1.165, 1.54) is 89.9 Å². The molecule has 150 valence electrons. The van der Waals surface area contributed by atoms with Gasteiger partial charge in [0.2, 0.25) is 0 Å². The molecule has 0 saturated heterocycles. The van der Waals surface area contributed by atoms with Gasteiger partial charge in [0, 0.05) is 4.57 Å². The highest BCUT2D eigenvalue weighted by atomic mass is 31.1. The van der Waals surface area contributed by atoms with Crippen LogP contribution in [0.2, 0.25) is 0 Å². The standard InChI is InChI=1S/C21H43O3P/c1-3-5-7-8-9-10-11-12-13-14-15-16-18-20-21(24-25(22)23)19-17-6-4-2/h21H,3-20H2,1-2H3/p+1. The van der Waals surface area contributed by atoms with Crippen molar-refractivity contribution in [1.82, 2.24) is 0 Å². The summed E-state index contributed by atoms with van der Waals surface area (Å²) >= 11 is 0. The van der Waals surface area contributed by atoms with Crippen molar-refractivity contribution in [3.8, 4) is 0 Å². The van der Waals surface area contributed by atoms with Gasteiger partial charge in [-0.1, -0.05) is 117 Å². The van der Waals surface area contributed by atoms with Crippen molar-refractivity contribution >= 4 is 8.25 Å². The van der Waals surface area contributed by atoms with Gasteiger partial charge in [-0.3, -0.25) is 0 Å². The van der Waals surface area contributed by atoms with E-state index in [-0.39, 0.29) is 6.10 Å². The van der Waals surface area contributed by atoms with Gasteiger partial charge in [-0.25, -0.2) is 0 Å². The normalized spacial score (nSPS) is 13.2. The summed E-state index contributed by atoms with van der Waals surface area (Å²) in [6.45, 7) is 4.45. The Morgan fingerprint density at radius 2 is 0.960 bits per heavy atom. The predicted octanol–water partition coefficient (Wildman–Crippen LogP) is 8.08.